The minimum absolute atomic E-state index is 0.0373. The number of aromatic nitrogens is 1. The average Bonchev–Trinajstić information content (AvgIpc) is 2.33. The van der Waals surface area contributed by atoms with Crippen LogP contribution in [0.25, 0.3) is 0 Å². The maximum Gasteiger partial charge on any atom is 0.300 e. The second kappa shape index (κ2) is 5.13. The molecule has 0 aromatic carbocycles. The third-order valence-electron chi connectivity index (χ3n) is 3.66. The van der Waals surface area contributed by atoms with Crippen molar-refractivity contribution in [3.05, 3.63) is 33.1 Å². The van der Waals surface area contributed by atoms with E-state index in [4.69, 9.17) is 11.6 Å². The lowest BCUT2D eigenvalue weighted by Crippen LogP contribution is -2.53. The van der Waals surface area contributed by atoms with Crippen molar-refractivity contribution in [3.63, 3.8) is 0 Å². The number of nitro groups is 1. The van der Waals surface area contributed by atoms with Crippen LogP contribution in [0.3, 0.4) is 0 Å². The van der Waals surface area contributed by atoms with Gasteiger partial charge in [-0.05, 0) is 31.7 Å². The summed E-state index contributed by atoms with van der Waals surface area (Å²) in [5.74, 6) is -0.461. The predicted octanol–water partition coefficient (Wildman–Crippen LogP) is 2.71. The fourth-order valence-corrected chi connectivity index (χ4v) is 2.39. The van der Waals surface area contributed by atoms with E-state index >= 15 is 0 Å². The number of carbonyl (C=O) groups is 1. The molecule has 1 amide bonds. The van der Waals surface area contributed by atoms with Crippen LogP contribution in [-0.2, 0) is 0 Å². The number of halogens is 1. The van der Waals surface area contributed by atoms with Gasteiger partial charge in [0.1, 0.15) is 16.9 Å². The smallest absolute Gasteiger partial charge is 0.300 e. The van der Waals surface area contributed by atoms with Crippen molar-refractivity contribution in [2.45, 2.75) is 38.1 Å². The Morgan fingerprint density at radius 1 is 1.63 bits per heavy atom. The lowest BCUT2D eigenvalue weighted by Gasteiger charge is -2.41. The van der Waals surface area contributed by atoms with Crippen LogP contribution in [0.2, 0.25) is 5.15 Å². The van der Waals surface area contributed by atoms with E-state index in [2.05, 4.69) is 10.3 Å². The van der Waals surface area contributed by atoms with Gasteiger partial charge in [-0.1, -0.05) is 18.5 Å². The Balaban J connectivity index is 2.28. The first-order valence-corrected chi connectivity index (χ1v) is 6.48. The molecule has 0 aliphatic heterocycles. The number of amides is 1. The van der Waals surface area contributed by atoms with E-state index in [9.17, 15) is 14.9 Å². The molecule has 0 bridgehead atoms. The Labute approximate surface area is 115 Å². The SMILES string of the molecule is CCC1(NC(=O)c2cc(Cl)ncc2[N+](=O)[O-])CCC1. The van der Waals surface area contributed by atoms with E-state index in [0.717, 1.165) is 31.9 Å². The predicted molar refractivity (Wildman–Crippen MR) is 70.2 cm³/mol. The van der Waals surface area contributed by atoms with Crippen LogP contribution in [0.15, 0.2) is 12.3 Å². The third kappa shape index (κ3) is 2.68. The molecule has 1 aromatic rings. The van der Waals surface area contributed by atoms with Crippen LogP contribution < -0.4 is 5.32 Å². The first-order valence-electron chi connectivity index (χ1n) is 6.10. The van der Waals surface area contributed by atoms with Gasteiger partial charge >= 0.3 is 0 Å². The van der Waals surface area contributed by atoms with E-state index in [0.29, 0.717) is 0 Å². The zero-order valence-electron chi connectivity index (χ0n) is 10.5. The minimum Gasteiger partial charge on any atom is -0.346 e. The molecule has 1 fully saturated rings. The summed E-state index contributed by atoms with van der Waals surface area (Å²) in [5, 5.41) is 13.9. The van der Waals surface area contributed by atoms with Gasteiger partial charge in [-0.25, -0.2) is 4.98 Å². The third-order valence-corrected chi connectivity index (χ3v) is 3.86. The summed E-state index contributed by atoms with van der Waals surface area (Å²) in [4.78, 5) is 26.1. The van der Waals surface area contributed by atoms with Gasteiger partial charge in [0, 0.05) is 5.54 Å². The van der Waals surface area contributed by atoms with Crippen LogP contribution in [0.1, 0.15) is 43.0 Å². The number of pyridine rings is 1. The highest BCUT2D eigenvalue weighted by Gasteiger charge is 2.37. The van der Waals surface area contributed by atoms with Crippen molar-refractivity contribution in [2.75, 3.05) is 0 Å². The first-order chi connectivity index (χ1) is 8.97. The first kappa shape index (κ1) is 13.7. The molecule has 0 unspecified atom stereocenters. The van der Waals surface area contributed by atoms with Gasteiger partial charge in [0.2, 0.25) is 0 Å². The van der Waals surface area contributed by atoms with Gasteiger partial charge < -0.3 is 5.32 Å². The Kier molecular flexibility index (Phi) is 3.71. The second-order valence-corrected chi connectivity index (χ2v) is 5.11. The summed E-state index contributed by atoms with van der Waals surface area (Å²) in [5.41, 5.74) is -0.585. The summed E-state index contributed by atoms with van der Waals surface area (Å²) in [6.07, 6.45) is 4.69. The minimum atomic E-state index is -0.627. The Morgan fingerprint density at radius 2 is 2.32 bits per heavy atom. The molecule has 19 heavy (non-hydrogen) atoms. The molecule has 1 saturated carbocycles. The molecule has 1 N–H and O–H groups in total. The second-order valence-electron chi connectivity index (χ2n) is 4.72. The van der Waals surface area contributed by atoms with Gasteiger partial charge in [-0.3, -0.25) is 14.9 Å². The molecule has 102 valence electrons. The molecule has 7 heteroatoms. The molecule has 2 rings (SSSR count). The molecule has 0 atom stereocenters. The van der Waals surface area contributed by atoms with E-state index in [1.165, 1.54) is 6.07 Å². The fraction of sp³-hybridized carbons (Fsp3) is 0.500. The largest absolute Gasteiger partial charge is 0.346 e. The van der Waals surface area contributed by atoms with E-state index in [1.807, 2.05) is 6.92 Å². The number of nitrogens with one attached hydrogen (secondary N) is 1. The van der Waals surface area contributed by atoms with Crippen molar-refractivity contribution >= 4 is 23.2 Å². The van der Waals surface area contributed by atoms with Gasteiger partial charge in [-0.15, -0.1) is 0 Å². The number of carbonyl (C=O) groups excluding carboxylic acids is 1. The highest BCUT2D eigenvalue weighted by Crippen LogP contribution is 2.35. The summed E-state index contributed by atoms with van der Waals surface area (Å²) >= 11 is 5.70. The molecular weight excluding hydrogens is 270 g/mol. The monoisotopic (exact) mass is 283 g/mol. The molecule has 1 heterocycles. The van der Waals surface area contributed by atoms with Gasteiger partial charge in [0.15, 0.2) is 0 Å². The zero-order chi connectivity index (χ0) is 14.0. The van der Waals surface area contributed by atoms with Crippen LogP contribution in [0.4, 0.5) is 5.69 Å². The van der Waals surface area contributed by atoms with Crippen molar-refractivity contribution in [1.29, 1.82) is 0 Å². The van der Waals surface area contributed by atoms with Gasteiger partial charge in [-0.2, -0.15) is 0 Å². The highest BCUT2D eigenvalue weighted by atomic mass is 35.5. The quantitative estimate of drug-likeness (QED) is 0.523. The van der Waals surface area contributed by atoms with Crippen molar-refractivity contribution in [3.8, 4) is 0 Å². The Morgan fingerprint density at radius 3 is 2.79 bits per heavy atom. The molecule has 0 radical (unpaired) electrons. The Bertz CT molecular complexity index is 523. The summed E-state index contributed by atoms with van der Waals surface area (Å²) in [6.45, 7) is 1.99. The van der Waals surface area contributed by atoms with E-state index < -0.39 is 10.8 Å². The van der Waals surface area contributed by atoms with Gasteiger partial charge in [0.05, 0.1) is 4.92 Å². The molecule has 6 nitrogen and oxygen atoms in total. The number of hydrogen-bond donors (Lipinski definition) is 1. The molecular formula is C12H14ClN3O3. The van der Waals surface area contributed by atoms with E-state index in [-0.39, 0.29) is 21.9 Å². The van der Waals surface area contributed by atoms with Gasteiger partial charge in [0.25, 0.3) is 11.6 Å². The maximum absolute atomic E-state index is 12.2. The summed E-state index contributed by atoms with van der Waals surface area (Å²) in [7, 11) is 0. The van der Waals surface area contributed by atoms with Crippen LogP contribution in [0.5, 0.6) is 0 Å². The van der Waals surface area contributed by atoms with E-state index in [1.54, 1.807) is 0 Å². The van der Waals surface area contributed by atoms with Crippen LogP contribution >= 0.6 is 11.6 Å². The number of rotatable bonds is 4. The molecule has 1 aliphatic rings. The fourth-order valence-electron chi connectivity index (χ4n) is 2.23. The molecule has 1 aromatic heterocycles. The Hall–Kier alpha value is -1.69. The highest BCUT2D eigenvalue weighted by molar-refractivity contribution is 6.29. The summed E-state index contributed by atoms with van der Waals surface area (Å²) in [6, 6.07) is 1.23. The summed E-state index contributed by atoms with van der Waals surface area (Å²) < 4.78 is 0. The zero-order valence-corrected chi connectivity index (χ0v) is 11.2. The van der Waals surface area contributed by atoms with Crippen LogP contribution in [0, 0.1) is 10.1 Å². The average molecular weight is 284 g/mol. The van der Waals surface area contributed by atoms with Crippen molar-refractivity contribution in [2.24, 2.45) is 0 Å². The lowest BCUT2D eigenvalue weighted by molar-refractivity contribution is -0.385. The maximum atomic E-state index is 12.2. The number of hydrogen-bond acceptors (Lipinski definition) is 4. The normalized spacial score (nSPS) is 16.5. The van der Waals surface area contributed by atoms with Crippen molar-refractivity contribution < 1.29 is 9.72 Å². The number of nitrogens with zero attached hydrogens (tertiary/aromatic N) is 2. The topological polar surface area (TPSA) is 85.1 Å². The standard InChI is InChI=1S/C12H14ClN3O3/c1-2-12(4-3-5-12)15-11(17)8-6-10(13)14-7-9(8)16(18)19/h6-7H,2-5H2,1H3,(H,15,17). The molecule has 0 saturated heterocycles. The lowest BCUT2D eigenvalue weighted by atomic mass is 9.74. The molecule has 1 aliphatic carbocycles. The molecule has 0 spiro atoms. The van der Waals surface area contributed by atoms with Crippen molar-refractivity contribution in [1.82, 2.24) is 10.3 Å². The van der Waals surface area contributed by atoms with Crippen LogP contribution in [-0.4, -0.2) is 21.4 Å².